The van der Waals surface area contributed by atoms with Crippen LogP contribution in [0.15, 0.2) is 70.9 Å². The van der Waals surface area contributed by atoms with E-state index >= 15 is 0 Å². The average molecular weight is 434 g/mol. The molecule has 0 bridgehead atoms. The molecule has 0 saturated carbocycles. The number of fused-ring (bicyclic) bond motifs is 1. The summed E-state index contributed by atoms with van der Waals surface area (Å²) in [6, 6.07) is 13.3. The Kier molecular flexibility index (Phi) is 4.44. The average Bonchev–Trinajstić information content (AvgIpc) is 3.47. The highest BCUT2D eigenvalue weighted by molar-refractivity contribution is 7.22. The number of amides is 1. The molecular weight excluding hydrogens is 419 g/mol. The maximum atomic E-state index is 13.6. The van der Waals surface area contributed by atoms with Crippen molar-refractivity contribution in [1.29, 1.82) is 0 Å². The van der Waals surface area contributed by atoms with Gasteiger partial charge < -0.3 is 9.52 Å². The number of benzene rings is 2. The maximum Gasteiger partial charge on any atom is 0.302 e. The number of nitrogens with zero attached hydrogens (tertiary/aromatic N) is 2. The summed E-state index contributed by atoms with van der Waals surface area (Å²) in [5, 5.41) is 11.2. The van der Waals surface area contributed by atoms with Crippen LogP contribution < -0.4 is 4.90 Å². The Hall–Kier alpha value is -3.78. The molecule has 1 saturated heterocycles. The van der Waals surface area contributed by atoms with E-state index in [0.717, 1.165) is 16.9 Å². The number of aromatic nitrogens is 1. The van der Waals surface area contributed by atoms with E-state index in [2.05, 4.69) is 4.98 Å². The number of furan rings is 1. The summed E-state index contributed by atoms with van der Waals surface area (Å²) in [6.07, 6.45) is 1.43. The van der Waals surface area contributed by atoms with Crippen molar-refractivity contribution in [2.45, 2.75) is 13.0 Å². The molecule has 31 heavy (non-hydrogen) atoms. The molecule has 2 aromatic heterocycles. The van der Waals surface area contributed by atoms with Crippen molar-refractivity contribution in [2.24, 2.45) is 0 Å². The second-order valence-corrected chi connectivity index (χ2v) is 8.17. The second-order valence-electron chi connectivity index (χ2n) is 7.16. The van der Waals surface area contributed by atoms with Gasteiger partial charge in [0.25, 0.3) is 5.78 Å². The highest BCUT2D eigenvalue weighted by Crippen LogP contribution is 2.44. The van der Waals surface area contributed by atoms with Gasteiger partial charge in [-0.05, 0) is 37.3 Å². The van der Waals surface area contributed by atoms with E-state index < -0.39 is 23.5 Å². The third-order valence-electron chi connectivity index (χ3n) is 5.13. The lowest BCUT2D eigenvalue weighted by atomic mass is 9.99. The number of aliphatic hydroxyl groups excluding tert-OH is 1. The molecule has 1 aliphatic heterocycles. The van der Waals surface area contributed by atoms with Crippen LogP contribution >= 0.6 is 11.3 Å². The number of carbonyl (C=O) groups excluding carboxylic acids is 2. The lowest BCUT2D eigenvalue weighted by Crippen LogP contribution is -2.29. The molecule has 154 valence electrons. The fourth-order valence-electron chi connectivity index (χ4n) is 3.60. The molecular formula is C23H15FN2O4S. The number of aliphatic hydroxyl groups is 1. The van der Waals surface area contributed by atoms with E-state index in [1.54, 1.807) is 36.4 Å². The first-order valence-electron chi connectivity index (χ1n) is 9.41. The number of halogens is 1. The summed E-state index contributed by atoms with van der Waals surface area (Å²) in [7, 11) is 0. The van der Waals surface area contributed by atoms with E-state index in [0.29, 0.717) is 21.5 Å². The van der Waals surface area contributed by atoms with E-state index in [1.807, 2.05) is 6.92 Å². The lowest BCUT2D eigenvalue weighted by Gasteiger charge is -2.20. The molecule has 1 fully saturated rings. The van der Waals surface area contributed by atoms with Crippen LogP contribution in [0, 0.1) is 12.7 Å². The second kappa shape index (κ2) is 7.17. The molecule has 4 aromatic rings. The van der Waals surface area contributed by atoms with Crippen LogP contribution in [-0.4, -0.2) is 21.8 Å². The van der Waals surface area contributed by atoms with Gasteiger partial charge in [-0.1, -0.05) is 41.2 Å². The summed E-state index contributed by atoms with van der Waals surface area (Å²) in [5.41, 5.74) is 1.81. The molecule has 1 aliphatic rings. The van der Waals surface area contributed by atoms with Gasteiger partial charge in [-0.15, -0.1) is 0 Å². The Bertz CT molecular complexity index is 1360. The van der Waals surface area contributed by atoms with Crippen LogP contribution in [-0.2, 0) is 9.59 Å². The number of aryl methyl sites for hydroxylation is 1. The zero-order valence-corrected chi connectivity index (χ0v) is 17.0. The lowest BCUT2D eigenvalue weighted by molar-refractivity contribution is -0.132. The van der Waals surface area contributed by atoms with Gasteiger partial charge in [0.2, 0.25) is 0 Å². The van der Waals surface area contributed by atoms with E-state index in [-0.39, 0.29) is 16.5 Å². The molecule has 1 amide bonds. The molecule has 3 heterocycles. The monoisotopic (exact) mass is 434 g/mol. The van der Waals surface area contributed by atoms with Crippen molar-refractivity contribution in [3.05, 3.63) is 89.1 Å². The molecule has 1 N–H and O–H groups in total. The fraction of sp³-hybridized carbons (Fsp3) is 0.0870. The summed E-state index contributed by atoms with van der Waals surface area (Å²) >= 11 is 1.08. The van der Waals surface area contributed by atoms with Crippen molar-refractivity contribution < 1.29 is 23.5 Å². The Labute approximate surface area is 179 Å². The number of anilines is 1. The van der Waals surface area contributed by atoms with Gasteiger partial charge in [0, 0.05) is 5.56 Å². The highest BCUT2D eigenvalue weighted by atomic mass is 32.1. The van der Waals surface area contributed by atoms with Crippen LogP contribution in [0.3, 0.4) is 0 Å². The SMILES string of the molecule is Cc1ccc(C(O)=C2C(=O)C(=O)N(c3nc4ccc(F)cc4s3)C2c2ccco2)cc1. The normalized spacial score (nSPS) is 18.3. The third-order valence-corrected chi connectivity index (χ3v) is 6.14. The van der Waals surface area contributed by atoms with E-state index in [9.17, 15) is 19.1 Å². The van der Waals surface area contributed by atoms with Crippen LogP contribution in [0.2, 0.25) is 0 Å². The minimum Gasteiger partial charge on any atom is -0.507 e. The minimum atomic E-state index is -0.998. The van der Waals surface area contributed by atoms with Crippen LogP contribution in [0.4, 0.5) is 9.52 Å². The van der Waals surface area contributed by atoms with Gasteiger partial charge in [-0.3, -0.25) is 14.5 Å². The Balaban J connectivity index is 1.71. The van der Waals surface area contributed by atoms with Crippen molar-refractivity contribution >= 4 is 44.1 Å². The van der Waals surface area contributed by atoms with Crippen LogP contribution in [0.1, 0.15) is 22.9 Å². The molecule has 8 heteroatoms. The van der Waals surface area contributed by atoms with E-state index in [1.165, 1.54) is 29.4 Å². The quantitative estimate of drug-likeness (QED) is 0.280. The van der Waals surface area contributed by atoms with Gasteiger partial charge in [0.05, 0.1) is 22.1 Å². The highest BCUT2D eigenvalue weighted by Gasteiger charge is 2.49. The molecule has 0 spiro atoms. The molecule has 1 atom stereocenters. The summed E-state index contributed by atoms with van der Waals surface area (Å²) in [5.74, 6) is -2.10. The van der Waals surface area contributed by atoms with Crippen molar-refractivity contribution in [3.63, 3.8) is 0 Å². The van der Waals surface area contributed by atoms with Gasteiger partial charge in [-0.25, -0.2) is 9.37 Å². The Morgan fingerprint density at radius 1 is 1.16 bits per heavy atom. The molecule has 0 aliphatic carbocycles. The van der Waals surface area contributed by atoms with Crippen molar-refractivity contribution in [1.82, 2.24) is 4.98 Å². The largest absolute Gasteiger partial charge is 0.507 e. The molecule has 0 radical (unpaired) electrons. The summed E-state index contributed by atoms with van der Waals surface area (Å²) < 4.78 is 19.7. The Morgan fingerprint density at radius 2 is 1.94 bits per heavy atom. The molecule has 5 rings (SSSR count). The number of carbonyl (C=O) groups is 2. The number of hydrogen-bond acceptors (Lipinski definition) is 6. The first-order chi connectivity index (χ1) is 14.9. The topological polar surface area (TPSA) is 83.6 Å². The van der Waals surface area contributed by atoms with Crippen molar-refractivity contribution in [2.75, 3.05) is 4.90 Å². The zero-order valence-electron chi connectivity index (χ0n) is 16.2. The number of rotatable bonds is 3. The maximum absolute atomic E-state index is 13.6. The molecule has 1 unspecified atom stereocenters. The molecule has 2 aromatic carbocycles. The van der Waals surface area contributed by atoms with Crippen molar-refractivity contribution in [3.8, 4) is 0 Å². The zero-order chi connectivity index (χ0) is 21.7. The number of hydrogen-bond donors (Lipinski definition) is 1. The van der Waals surface area contributed by atoms with Crippen LogP contribution in [0.25, 0.3) is 16.0 Å². The number of thiazole rings is 1. The molecule has 6 nitrogen and oxygen atoms in total. The number of Topliss-reactive ketones (excluding diaryl/α,β-unsaturated/α-hetero) is 1. The fourth-order valence-corrected chi connectivity index (χ4v) is 4.62. The van der Waals surface area contributed by atoms with Crippen LogP contribution in [0.5, 0.6) is 0 Å². The van der Waals surface area contributed by atoms with E-state index in [4.69, 9.17) is 4.42 Å². The first-order valence-corrected chi connectivity index (χ1v) is 10.2. The summed E-state index contributed by atoms with van der Waals surface area (Å²) in [4.78, 5) is 31.7. The number of ketones is 1. The summed E-state index contributed by atoms with van der Waals surface area (Å²) in [6.45, 7) is 1.90. The third kappa shape index (κ3) is 3.12. The first kappa shape index (κ1) is 19.2. The van der Waals surface area contributed by atoms with Gasteiger partial charge >= 0.3 is 5.91 Å². The smallest absolute Gasteiger partial charge is 0.302 e. The van der Waals surface area contributed by atoms with Gasteiger partial charge in [0.1, 0.15) is 23.4 Å². The van der Waals surface area contributed by atoms with Gasteiger partial charge in [-0.2, -0.15) is 0 Å². The predicted octanol–water partition coefficient (Wildman–Crippen LogP) is 4.96. The predicted molar refractivity (Wildman–Crippen MR) is 114 cm³/mol. The van der Waals surface area contributed by atoms with Gasteiger partial charge in [0.15, 0.2) is 5.13 Å². The standard InChI is InChI=1S/C23H15FN2O4S/c1-12-4-6-13(7-5-12)20(27)18-19(16-3-2-10-30-16)26(22(29)21(18)28)23-25-15-9-8-14(24)11-17(15)31-23/h2-11,19,27H,1H3. The minimum absolute atomic E-state index is 0.0887. The Morgan fingerprint density at radius 3 is 2.65 bits per heavy atom.